The number of amides is 1. The summed E-state index contributed by atoms with van der Waals surface area (Å²) < 4.78 is 7.49. The van der Waals surface area contributed by atoms with Crippen molar-refractivity contribution < 1.29 is 9.53 Å². The summed E-state index contributed by atoms with van der Waals surface area (Å²) >= 11 is 8.72. The van der Waals surface area contributed by atoms with Crippen LogP contribution in [0.25, 0.3) is 15.9 Å². The number of carbonyl (C=O) groups is 1. The number of rotatable bonds is 6. The fraction of sp³-hybridized carbons (Fsp3) is 0.136. The molecule has 0 aliphatic rings. The third-order valence-corrected chi connectivity index (χ3v) is 6.65. The molecule has 0 saturated carbocycles. The van der Waals surface area contributed by atoms with Crippen LogP contribution < -0.4 is 15.6 Å². The number of anilines is 1. The Balaban J connectivity index is 1.67. The van der Waals surface area contributed by atoms with E-state index in [1.165, 1.54) is 27.7 Å². The van der Waals surface area contributed by atoms with E-state index in [0.717, 1.165) is 5.56 Å². The standard InChI is InChI=1S/C22H18ClN3O3S2/c1-13-7-8-15(14(23)11-13)24-19(27)12-31-22-25-16-9-10-30-20(16)21(28)26(22)17-5-3-4-6-18(17)29-2/h3-11H,12H2,1-2H3,(H,24,27). The molecule has 1 N–H and O–H groups in total. The van der Waals surface area contributed by atoms with Crippen LogP contribution in [0.1, 0.15) is 5.56 Å². The van der Waals surface area contributed by atoms with E-state index in [-0.39, 0.29) is 17.2 Å². The number of ether oxygens (including phenoxy) is 1. The van der Waals surface area contributed by atoms with Crippen LogP contribution in [0.4, 0.5) is 5.69 Å². The number of benzene rings is 2. The third-order valence-electron chi connectivity index (χ3n) is 4.51. The molecule has 1 amide bonds. The first-order chi connectivity index (χ1) is 15.0. The number of nitrogens with one attached hydrogen (secondary N) is 1. The topological polar surface area (TPSA) is 73.2 Å². The van der Waals surface area contributed by atoms with Crippen molar-refractivity contribution in [1.29, 1.82) is 0 Å². The Hall–Kier alpha value is -2.81. The monoisotopic (exact) mass is 471 g/mol. The number of thioether (sulfide) groups is 1. The van der Waals surface area contributed by atoms with Crippen molar-refractivity contribution in [2.45, 2.75) is 12.1 Å². The predicted molar refractivity (Wildman–Crippen MR) is 127 cm³/mol. The normalized spacial score (nSPS) is 10.9. The minimum absolute atomic E-state index is 0.0570. The fourth-order valence-electron chi connectivity index (χ4n) is 3.05. The van der Waals surface area contributed by atoms with Gasteiger partial charge in [-0.2, -0.15) is 0 Å². The van der Waals surface area contributed by atoms with Gasteiger partial charge in [0.15, 0.2) is 5.16 Å². The molecule has 0 fully saturated rings. The molecule has 0 radical (unpaired) electrons. The van der Waals surface area contributed by atoms with Gasteiger partial charge in [0.2, 0.25) is 5.91 Å². The van der Waals surface area contributed by atoms with E-state index in [1.807, 2.05) is 30.5 Å². The summed E-state index contributed by atoms with van der Waals surface area (Å²) in [6, 6.07) is 14.4. The minimum atomic E-state index is -0.248. The molecule has 0 atom stereocenters. The first kappa shape index (κ1) is 21.4. The highest BCUT2D eigenvalue weighted by atomic mass is 35.5. The number of halogens is 1. The number of hydrogen-bond acceptors (Lipinski definition) is 6. The summed E-state index contributed by atoms with van der Waals surface area (Å²) in [5.41, 5.74) is 2.52. The molecule has 2 heterocycles. The van der Waals surface area contributed by atoms with Crippen LogP contribution in [0, 0.1) is 6.92 Å². The second kappa shape index (κ2) is 9.13. The lowest BCUT2D eigenvalue weighted by atomic mass is 10.2. The van der Waals surface area contributed by atoms with E-state index in [9.17, 15) is 9.59 Å². The summed E-state index contributed by atoms with van der Waals surface area (Å²) in [5, 5.41) is 5.51. The number of aromatic nitrogens is 2. The molecule has 0 aliphatic carbocycles. The highest BCUT2D eigenvalue weighted by molar-refractivity contribution is 7.99. The number of carbonyl (C=O) groups excluding carboxylic acids is 1. The number of nitrogens with zero attached hydrogens (tertiary/aromatic N) is 2. The molecular formula is C22H18ClN3O3S2. The van der Waals surface area contributed by atoms with E-state index < -0.39 is 0 Å². The predicted octanol–water partition coefficient (Wildman–Crippen LogP) is 5.15. The fourth-order valence-corrected chi connectivity index (χ4v) is 4.90. The van der Waals surface area contributed by atoms with Crippen LogP contribution >= 0.6 is 34.7 Å². The van der Waals surface area contributed by atoms with Crippen LogP contribution in [-0.2, 0) is 4.79 Å². The molecule has 0 spiro atoms. The van der Waals surface area contributed by atoms with Crippen LogP contribution in [-0.4, -0.2) is 28.3 Å². The quantitative estimate of drug-likeness (QED) is 0.311. The van der Waals surface area contributed by atoms with Gasteiger partial charge in [-0.3, -0.25) is 14.2 Å². The van der Waals surface area contributed by atoms with Gasteiger partial charge in [-0.05, 0) is 48.2 Å². The van der Waals surface area contributed by atoms with E-state index in [2.05, 4.69) is 10.3 Å². The Morgan fingerprint density at radius 2 is 2.06 bits per heavy atom. The van der Waals surface area contributed by atoms with Crippen molar-refractivity contribution in [2.24, 2.45) is 0 Å². The molecule has 4 rings (SSSR count). The Kier molecular flexibility index (Phi) is 6.31. The SMILES string of the molecule is COc1ccccc1-n1c(SCC(=O)Nc2ccc(C)cc2Cl)nc2ccsc2c1=O. The molecule has 6 nitrogen and oxygen atoms in total. The van der Waals surface area contributed by atoms with Crippen molar-refractivity contribution in [3.8, 4) is 11.4 Å². The third kappa shape index (κ3) is 4.46. The zero-order chi connectivity index (χ0) is 22.0. The van der Waals surface area contributed by atoms with Gasteiger partial charge >= 0.3 is 0 Å². The lowest BCUT2D eigenvalue weighted by molar-refractivity contribution is -0.113. The van der Waals surface area contributed by atoms with Crippen molar-refractivity contribution in [2.75, 3.05) is 18.2 Å². The second-order valence-electron chi connectivity index (χ2n) is 6.66. The van der Waals surface area contributed by atoms with Crippen LogP contribution in [0.3, 0.4) is 0 Å². The lowest BCUT2D eigenvalue weighted by Crippen LogP contribution is -2.22. The molecule has 9 heteroatoms. The maximum atomic E-state index is 13.2. The summed E-state index contributed by atoms with van der Waals surface area (Å²) in [6.45, 7) is 1.93. The number of para-hydroxylation sites is 2. The number of fused-ring (bicyclic) bond motifs is 1. The number of methoxy groups -OCH3 is 1. The molecule has 2 aromatic carbocycles. The van der Waals surface area contributed by atoms with Crippen LogP contribution in [0.5, 0.6) is 5.75 Å². The van der Waals surface area contributed by atoms with Crippen molar-refractivity contribution in [3.05, 3.63) is 74.9 Å². The van der Waals surface area contributed by atoms with Crippen molar-refractivity contribution in [3.63, 3.8) is 0 Å². The van der Waals surface area contributed by atoms with E-state index >= 15 is 0 Å². The number of hydrogen-bond donors (Lipinski definition) is 1. The summed E-state index contributed by atoms with van der Waals surface area (Å²) in [7, 11) is 1.55. The van der Waals surface area contributed by atoms with Gasteiger partial charge in [0.05, 0.1) is 34.8 Å². The molecule has 31 heavy (non-hydrogen) atoms. The van der Waals surface area contributed by atoms with Crippen molar-refractivity contribution >= 4 is 56.5 Å². The molecule has 0 aliphatic heterocycles. The van der Waals surface area contributed by atoms with Crippen LogP contribution in [0.2, 0.25) is 5.02 Å². The maximum absolute atomic E-state index is 13.2. The highest BCUT2D eigenvalue weighted by Gasteiger charge is 2.18. The molecule has 158 valence electrons. The highest BCUT2D eigenvalue weighted by Crippen LogP contribution is 2.29. The van der Waals surface area contributed by atoms with Crippen LogP contribution in [0.15, 0.2) is 63.9 Å². The van der Waals surface area contributed by atoms with E-state index in [4.69, 9.17) is 16.3 Å². The maximum Gasteiger partial charge on any atom is 0.276 e. The summed E-state index contributed by atoms with van der Waals surface area (Å²) in [6.07, 6.45) is 0. The van der Waals surface area contributed by atoms with Gasteiger partial charge in [-0.15, -0.1) is 11.3 Å². The van der Waals surface area contributed by atoms with E-state index in [1.54, 1.807) is 37.4 Å². The van der Waals surface area contributed by atoms with Gasteiger partial charge in [0, 0.05) is 0 Å². The molecular weight excluding hydrogens is 454 g/mol. The Bertz CT molecular complexity index is 1330. The zero-order valence-corrected chi connectivity index (χ0v) is 19.1. The second-order valence-corrected chi connectivity index (χ2v) is 8.93. The molecule has 4 aromatic rings. The Labute approximate surface area is 191 Å². The van der Waals surface area contributed by atoms with Gasteiger partial charge in [0.1, 0.15) is 10.4 Å². The Morgan fingerprint density at radius 3 is 2.84 bits per heavy atom. The van der Waals surface area contributed by atoms with Gasteiger partial charge in [-0.25, -0.2) is 4.98 Å². The summed E-state index contributed by atoms with van der Waals surface area (Å²) in [5.74, 6) is 0.351. The molecule has 2 aromatic heterocycles. The molecule has 0 saturated heterocycles. The van der Waals surface area contributed by atoms with Gasteiger partial charge in [-0.1, -0.05) is 41.6 Å². The number of aryl methyl sites for hydroxylation is 1. The lowest BCUT2D eigenvalue weighted by Gasteiger charge is -2.15. The first-order valence-corrected chi connectivity index (χ1v) is 11.5. The molecule has 0 bridgehead atoms. The number of thiophene rings is 1. The molecule has 0 unspecified atom stereocenters. The average Bonchev–Trinajstić information content (AvgIpc) is 3.23. The van der Waals surface area contributed by atoms with Gasteiger partial charge in [0.25, 0.3) is 5.56 Å². The minimum Gasteiger partial charge on any atom is -0.495 e. The smallest absolute Gasteiger partial charge is 0.276 e. The summed E-state index contributed by atoms with van der Waals surface area (Å²) in [4.78, 5) is 30.4. The van der Waals surface area contributed by atoms with E-state index in [0.29, 0.717) is 37.5 Å². The van der Waals surface area contributed by atoms with Gasteiger partial charge < -0.3 is 10.1 Å². The first-order valence-electron chi connectivity index (χ1n) is 9.30. The van der Waals surface area contributed by atoms with Crippen molar-refractivity contribution in [1.82, 2.24) is 9.55 Å². The Morgan fingerprint density at radius 1 is 1.26 bits per heavy atom. The zero-order valence-electron chi connectivity index (χ0n) is 16.7. The average molecular weight is 472 g/mol. The largest absolute Gasteiger partial charge is 0.495 e.